The van der Waals surface area contributed by atoms with Crippen molar-refractivity contribution in [1.82, 2.24) is 0 Å². The standard InChI is InChI=1S/C6H13.Mo.2H3O3PS/c1-3-5-6-4-2;;2*1-4(2,3)5/h1,3-6H2,2H3;;2*(H3,1,2,3,5). The molecule has 11 heteroatoms. The van der Waals surface area contributed by atoms with Crippen LogP contribution in [0, 0.1) is 0 Å². The van der Waals surface area contributed by atoms with Crippen molar-refractivity contribution in [2.75, 3.05) is 0 Å². The molecule has 0 saturated carbocycles. The van der Waals surface area contributed by atoms with Crippen molar-refractivity contribution in [3.05, 3.63) is 0 Å². The Labute approximate surface area is 123 Å². The van der Waals surface area contributed by atoms with E-state index in [1.807, 2.05) is 0 Å². The van der Waals surface area contributed by atoms with E-state index in [2.05, 4.69) is 50.4 Å². The van der Waals surface area contributed by atoms with Gasteiger partial charge in [0, 0.05) is 0 Å². The smallest absolute Gasteiger partial charge is 0.319 e. The summed E-state index contributed by atoms with van der Waals surface area (Å²) in [6, 6.07) is 0. The summed E-state index contributed by atoms with van der Waals surface area (Å²) in [6.07, 6.45) is 5.66. The molecule has 0 aromatic rings. The van der Waals surface area contributed by atoms with Crippen LogP contribution in [0.15, 0.2) is 0 Å². The topological polar surface area (TPSA) is 121 Å². The number of rotatable bonds is 4. The van der Waals surface area contributed by atoms with E-state index in [0.29, 0.717) is 0 Å². The minimum atomic E-state index is -3.81. The fourth-order valence-electron chi connectivity index (χ4n) is 0.529. The van der Waals surface area contributed by atoms with Gasteiger partial charge in [0.25, 0.3) is 0 Å². The first-order valence-corrected chi connectivity index (χ1v) is 11.3. The van der Waals surface area contributed by atoms with Crippen LogP contribution >= 0.6 is 13.4 Å². The van der Waals surface area contributed by atoms with Crippen molar-refractivity contribution in [3.8, 4) is 0 Å². The molecule has 0 aliphatic heterocycles. The molecule has 0 radical (unpaired) electrons. The van der Waals surface area contributed by atoms with Gasteiger partial charge in [0.15, 0.2) is 0 Å². The Bertz CT molecular complexity index is 202. The summed E-state index contributed by atoms with van der Waals surface area (Å²) >= 11 is 9.39. The zero-order valence-electron chi connectivity index (χ0n) is 9.34. The third kappa shape index (κ3) is 133. The summed E-state index contributed by atoms with van der Waals surface area (Å²) in [7, 11) is 0. The largest absolute Gasteiger partial charge is 0.325 e. The van der Waals surface area contributed by atoms with Crippen molar-refractivity contribution in [2.45, 2.75) is 37.4 Å². The first-order chi connectivity index (χ1) is 7.41. The molecule has 0 aromatic carbocycles. The van der Waals surface area contributed by atoms with E-state index in [4.69, 9.17) is 29.4 Å². The van der Waals surface area contributed by atoms with Crippen LogP contribution in [-0.2, 0) is 43.4 Å². The molecule has 107 valence electrons. The first kappa shape index (κ1) is 23.8. The van der Waals surface area contributed by atoms with Crippen LogP contribution in [0.1, 0.15) is 32.6 Å². The van der Waals surface area contributed by atoms with Crippen molar-refractivity contribution in [2.24, 2.45) is 0 Å². The predicted octanol–water partition coefficient (Wildman–Crippen LogP) is 0.907. The summed E-state index contributed by atoms with van der Waals surface area (Å²) in [6.45, 7) is -5.36. The number of hydrogen-bond donors (Lipinski definition) is 6. The van der Waals surface area contributed by atoms with Crippen LogP contribution < -0.4 is 0 Å². The first-order valence-electron chi connectivity index (χ1n) is 4.56. The van der Waals surface area contributed by atoms with Gasteiger partial charge >= 0.3 is 70.7 Å². The quantitative estimate of drug-likeness (QED) is 0.230. The van der Waals surface area contributed by atoms with Gasteiger partial charge in [-0.1, -0.05) is 0 Å². The Morgan fingerprint density at radius 2 is 1.12 bits per heavy atom. The second-order valence-corrected chi connectivity index (χ2v) is 8.79. The number of unbranched alkanes of at least 4 members (excludes halogenated alkanes) is 3. The van der Waals surface area contributed by atoms with Gasteiger partial charge in [-0.15, -0.1) is 0 Å². The monoisotopic (exact) mass is 411 g/mol. The summed E-state index contributed by atoms with van der Waals surface area (Å²) in [5.41, 5.74) is 0. The molecule has 0 aliphatic carbocycles. The van der Waals surface area contributed by atoms with Gasteiger partial charge < -0.3 is 29.4 Å². The molecular formula is C6H19MoO6P2S2. The molecule has 0 amide bonds. The maximum Gasteiger partial charge on any atom is 0.319 e. The van der Waals surface area contributed by atoms with E-state index in [9.17, 15) is 0 Å². The van der Waals surface area contributed by atoms with E-state index < -0.39 is 13.4 Å². The second kappa shape index (κ2) is 14.2. The van der Waals surface area contributed by atoms with Crippen LogP contribution in [-0.4, -0.2) is 29.4 Å². The maximum absolute atomic E-state index is 7.56. The normalized spacial score (nSPS) is 10.8. The second-order valence-electron chi connectivity index (χ2n) is 2.79. The molecule has 17 heavy (non-hydrogen) atoms. The Morgan fingerprint density at radius 3 is 1.29 bits per heavy atom. The fraction of sp³-hybridized carbons (Fsp3) is 1.00. The minimum absolute atomic E-state index is 1.36. The SMILES string of the molecule is CCCCC[CH2][Mo].OP(O)(O)=S.OP(O)(O)=S. The van der Waals surface area contributed by atoms with Crippen LogP contribution in [0.2, 0.25) is 4.81 Å². The van der Waals surface area contributed by atoms with Crippen molar-refractivity contribution in [1.29, 1.82) is 0 Å². The van der Waals surface area contributed by atoms with E-state index in [1.165, 1.54) is 30.5 Å². The van der Waals surface area contributed by atoms with Crippen LogP contribution in [0.4, 0.5) is 0 Å². The zero-order chi connectivity index (χ0) is 14.5. The minimum Gasteiger partial charge on any atom is -0.325 e. The average molecular weight is 409 g/mol. The summed E-state index contributed by atoms with van der Waals surface area (Å²) in [4.78, 5) is 46.7. The summed E-state index contributed by atoms with van der Waals surface area (Å²) < 4.78 is 0. The van der Waals surface area contributed by atoms with E-state index in [-0.39, 0.29) is 0 Å². The molecule has 0 aromatic heterocycles. The van der Waals surface area contributed by atoms with Gasteiger partial charge in [0.05, 0.1) is 0 Å². The van der Waals surface area contributed by atoms with E-state index in [1.54, 1.807) is 0 Å². The molecule has 0 rings (SSSR count). The molecule has 0 heterocycles. The van der Waals surface area contributed by atoms with Crippen molar-refractivity contribution < 1.29 is 49.2 Å². The summed E-state index contributed by atoms with van der Waals surface area (Å²) in [5.74, 6) is 0. The van der Waals surface area contributed by atoms with E-state index in [0.717, 1.165) is 0 Å². The Kier molecular flexibility index (Phi) is 19.8. The van der Waals surface area contributed by atoms with Crippen LogP contribution in [0.25, 0.3) is 0 Å². The van der Waals surface area contributed by atoms with Crippen LogP contribution in [0.5, 0.6) is 0 Å². The molecular weight excluding hydrogens is 390 g/mol. The Balaban J connectivity index is -0.000000177. The summed E-state index contributed by atoms with van der Waals surface area (Å²) in [5, 5.41) is 0. The maximum atomic E-state index is 7.56. The van der Waals surface area contributed by atoms with Crippen LogP contribution in [0.3, 0.4) is 0 Å². The molecule has 0 saturated heterocycles. The Hall–Kier alpha value is 1.75. The molecule has 0 fully saturated rings. The third-order valence-corrected chi connectivity index (χ3v) is 1.71. The molecule has 6 N–H and O–H groups in total. The molecule has 0 spiro atoms. The van der Waals surface area contributed by atoms with Crippen molar-refractivity contribution >= 4 is 37.1 Å². The molecule has 0 aliphatic rings. The van der Waals surface area contributed by atoms with Gasteiger partial charge in [-0.2, -0.15) is 0 Å². The molecule has 0 unspecified atom stereocenters. The van der Waals surface area contributed by atoms with Gasteiger partial charge in [-0.3, -0.25) is 0 Å². The number of hydrogen-bond acceptors (Lipinski definition) is 2. The zero-order valence-corrected chi connectivity index (χ0v) is 14.8. The molecule has 0 atom stereocenters. The third-order valence-electron chi connectivity index (χ3n) is 0.998. The fourth-order valence-corrected chi connectivity index (χ4v) is 1.03. The predicted molar refractivity (Wildman–Crippen MR) is 70.8 cm³/mol. The average Bonchev–Trinajstić information content (AvgIpc) is 1.99. The molecule has 0 bridgehead atoms. The molecule has 6 nitrogen and oxygen atoms in total. The Morgan fingerprint density at radius 1 is 0.824 bits per heavy atom. The van der Waals surface area contributed by atoms with Gasteiger partial charge in [0.1, 0.15) is 0 Å². The van der Waals surface area contributed by atoms with Gasteiger partial charge in [0.2, 0.25) is 0 Å². The van der Waals surface area contributed by atoms with Gasteiger partial charge in [-0.25, -0.2) is 0 Å². The van der Waals surface area contributed by atoms with E-state index >= 15 is 0 Å². The van der Waals surface area contributed by atoms with Crippen molar-refractivity contribution in [3.63, 3.8) is 0 Å². The van der Waals surface area contributed by atoms with Gasteiger partial charge in [-0.05, 0) is 23.6 Å².